The van der Waals surface area contributed by atoms with Crippen LogP contribution in [0.25, 0.3) is 0 Å². The summed E-state index contributed by atoms with van der Waals surface area (Å²) in [4.78, 5) is 3.85. The topological polar surface area (TPSA) is 114 Å². The van der Waals surface area contributed by atoms with Crippen molar-refractivity contribution in [3.05, 3.63) is 17.0 Å². The van der Waals surface area contributed by atoms with Crippen LogP contribution >= 0.6 is 12.2 Å². The molecule has 1 aromatic rings. The molecular formula is C11H13N3O4S. The van der Waals surface area contributed by atoms with E-state index in [1.807, 2.05) is 0 Å². The molecule has 8 heteroatoms. The maximum atomic E-state index is 9.99. The number of aromatic nitrogens is 2. The molecule has 0 bridgehead atoms. The van der Waals surface area contributed by atoms with Gasteiger partial charge in [-0.05, 0) is 18.3 Å². The van der Waals surface area contributed by atoms with Gasteiger partial charge in [0, 0.05) is 6.20 Å². The van der Waals surface area contributed by atoms with Crippen molar-refractivity contribution in [1.29, 1.82) is 0 Å². The number of nitrogens with two attached hydrogens (primary N) is 1. The molecule has 19 heavy (non-hydrogen) atoms. The van der Waals surface area contributed by atoms with E-state index in [-0.39, 0.29) is 10.6 Å². The van der Waals surface area contributed by atoms with Gasteiger partial charge in [0.25, 0.3) is 0 Å². The van der Waals surface area contributed by atoms with Crippen molar-refractivity contribution in [2.45, 2.75) is 24.0 Å². The van der Waals surface area contributed by atoms with E-state index in [4.69, 9.17) is 29.1 Å². The fourth-order valence-corrected chi connectivity index (χ4v) is 2.19. The third kappa shape index (κ3) is 2.11. The second kappa shape index (κ2) is 4.88. The zero-order chi connectivity index (χ0) is 14.2. The number of aliphatic hydroxyl groups is 3. The summed E-state index contributed by atoms with van der Waals surface area (Å²) < 4.78 is 6.79. The molecule has 7 nitrogen and oxygen atoms in total. The zero-order valence-electron chi connectivity index (χ0n) is 9.80. The molecule has 2 heterocycles. The minimum Gasteiger partial charge on any atom is -0.392 e. The van der Waals surface area contributed by atoms with Crippen LogP contribution in [0.2, 0.25) is 0 Å². The number of terminal acetylenes is 1. The maximum absolute atomic E-state index is 9.99. The van der Waals surface area contributed by atoms with E-state index in [1.165, 1.54) is 16.8 Å². The average Bonchev–Trinajstić information content (AvgIpc) is 2.64. The molecule has 1 fully saturated rings. The van der Waals surface area contributed by atoms with E-state index in [9.17, 15) is 15.3 Å². The van der Waals surface area contributed by atoms with Crippen molar-refractivity contribution in [2.24, 2.45) is 0 Å². The van der Waals surface area contributed by atoms with Gasteiger partial charge in [0.05, 0.1) is 6.61 Å². The zero-order valence-corrected chi connectivity index (χ0v) is 10.6. The Balaban J connectivity index is 2.43. The SMILES string of the molecule is C#CC1(CO)OC(n2ccc(N)nc2=S)C(O)C1O. The molecule has 5 N–H and O–H groups in total. The van der Waals surface area contributed by atoms with Gasteiger partial charge < -0.3 is 25.8 Å². The van der Waals surface area contributed by atoms with E-state index in [2.05, 4.69) is 10.9 Å². The first kappa shape index (κ1) is 13.9. The normalized spacial score (nSPS) is 34.1. The Morgan fingerprint density at radius 1 is 1.63 bits per heavy atom. The van der Waals surface area contributed by atoms with Gasteiger partial charge in [-0.25, -0.2) is 4.98 Å². The van der Waals surface area contributed by atoms with Crippen LogP contribution in [-0.2, 0) is 4.74 Å². The first-order valence-electron chi connectivity index (χ1n) is 5.42. The van der Waals surface area contributed by atoms with Gasteiger partial charge in [-0.1, -0.05) is 5.92 Å². The predicted molar refractivity (Wildman–Crippen MR) is 68.3 cm³/mol. The molecule has 0 spiro atoms. The second-order valence-corrected chi connectivity index (χ2v) is 4.54. The van der Waals surface area contributed by atoms with Gasteiger partial charge in [-0.3, -0.25) is 4.57 Å². The molecule has 1 aromatic heterocycles. The summed E-state index contributed by atoms with van der Waals surface area (Å²) in [6.45, 7) is -0.631. The Kier molecular flexibility index (Phi) is 3.58. The van der Waals surface area contributed by atoms with E-state index in [0.29, 0.717) is 0 Å². The third-order valence-electron chi connectivity index (χ3n) is 3.03. The van der Waals surface area contributed by atoms with Crippen LogP contribution < -0.4 is 5.73 Å². The molecule has 0 saturated carbocycles. The Morgan fingerprint density at radius 3 is 2.79 bits per heavy atom. The lowest BCUT2D eigenvalue weighted by molar-refractivity contribution is -0.0930. The number of rotatable bonds is 2. The monoisotopic (exact) mass is 283 g/mol. The highest BCUT2D eigenvalue weighted by Gasteiger charge is 2.54. The highest BCUT2D eigenvalue weighted by Crippen LogP contribution is 2.36. The Hall–Kier alpha value is -1.50. The summed E-state index contributed by atoms with van der Waals surface area (Å²) in [5.41, 5.74) is 3.81. The number of nitrogens with zero attached hydrogens (tertiary/aromatic N) is 2. The van der Waals surface area contributed by atoms with Crippen molar-refractivity contribution in [3.63, 3.8) is 0 Å². The maximum Gasteiger partial charge on any atom is 0.203 e. The quantitative estimate of drug-likeness (QED) is 0.398. The van der Waals surface area contributed by atoms with E-state index < -0.39 is 30.6 Å². The van der Waals surface area contributed by atoms with Crippen LogP contribution in [0.3, 0.4) is 0 Å². The molecule has 0 aliphatic carbocycles. The number of aliphatic hydroxyl groups excluding tert-OH is 3. The fourth-order valence-electron chi connectivity index (χ4n) is 1.92. The molecule has 0 amide bonds. The van der Waals surface area contributed by atoms with Crippen molar-refractivity contribution in [2.75, 3.05) is 12.3 Å². The lowest BCUT2D eigenvalue weighted by Crippen LogP contribution is -2.44. The number of anilines is 1. The third-order valence-corrected chi connectivity index (χ3v) is 3.33. The Labute approximate surface area is 114 Å². The van der Waals surface area contributed by atoms with Gasteiger partial charge in [-0.2, -0.15) is 0 Å². The van der Waals surface area contributed by atoms with Gasteiger partial charge in [-0.15, -0.1) is 6.42 Å². The molecule has 102 valence electrons. The average molecular weight is 283 g/mol. The second-order valence-electron chi connectivity index (χ2n) is 4.18. The first-order chi connectivity index (χ1) is 8.95. The number of nitrogen functional groups attached to an aromatic ring is 1. The van der Waals surface area contributed by atoms with Crippen molar-refractivity contribution in [3.8, 4) is 12.3 Å². The molecular weight excluding hydrogens is 270 g/mol. The highest BCUT2D eigenvalue weighted by molar-refractivity contribution is 7.71. The van der Waals surface area contributed by atoms with Crippen LogP contribution in [0.15, 0.2) is 12.3 Å². The number of hydrogen-bond donors (Lipinski definition) is 4. The van der Waals surface area contributed by atoms with Crippen LogP contribution in [-0.4, -0.2) is 49.3 Å². The molecule has 1 aliphatic rings. The summed E-state index contributed by atoms with van der Waals surface area (Å²) in [5.74, 6) is 2.39. The molecule has 0 aromatic carbocycles. The van der Waals surface area contributed by atoms with Gasteiger partial charge in [0.2, 0.25) is 4.77 Å². The number of hydrogen-bond acceptors (Lipinski definition) is 7. The van der Waals surface area contributed by atoms with Crippen LogP contribution in [0.1, 0.15) is 6.23 Å². The molecule has 0 radical (unpaired) electrons. The lowest BCUT2D eigenvalue weighted by atomic mass is 9.97. The van der Waals surface area contributed by atoms with Crippen LogP contribution in [0.4, 0.5) is 5.82 Å². The molecule has 4 unspecified atom stereocenters. The van der Waals surface area contributed by atoms with Crippen molar-refractivity contribution >= 4 is 18.0 Å². The van der Waals surface area contributed by atoms with E-state index in [0.717, 1.165) is 0 Å². The number of ether oxygens (including phenoxy) is 1. The van der Waals surface area contributed by atoms with Gasteiger partial charge in [0.15, 0.2) is 11.8 Å². The summed E-state index contributed by atoms with van der Waals surface area (Å²) in [7, 11) is 0. The van der Waals surface area contributed by atoms with Gasteiger partial charge in [0.1, 0.15) is 18.0 Å². The Bertz CT molecular complexity index is 584. The lowest BCUT2D eigenvalue weighted by Gasteiger charge is -2.23. The van der Waals surface area contributed by atoms with Crippen molar-refractivity contribution < 1.29 is 20.1 Å². The largest absolute Gasteiger partial charge is 0.392 e. The molecule has 2 rings (SSSR count). The summed E-state index contributed by atoms with van der Waals surface area (Å²) in [5, 5.41) is 29.2. The fraction of sp³-hybridized carbons (Fsp3) is 0.455. The van der Waals surface area contributed by atoms with E-state index in [1.54, 1.807) is 0 Å². The Morgan fingerprint density at radius 2 is 2.32 bits per heavy atom. The highest BCUT2D eigenvalue weighted by atomic mass is 32.1. The minimum absolute atomic E-state index is 0.0713. The molecule has 1 saturated heterocycles. The molecule has 1 aliphatic heterocycles. The minimum atomic E-state index is -1.67. The van der Waals surface area contributed by atoms with Gasteiger partial charge >= 0.3 is 0 Å². The molecule has 4 atom stereocenters. The van der Waals surface area contributed by atoms with Crippen molar-refractivity contribution in [1.82, 2.24) is 9.55 Å². The summed E-state index contributed by atoms with van der Waals surface area (Å²) >= 11 is 5.00. The van der Waals surface area contributed by atoms with Crippen LogP contribution in [0, 0.1) is 17.1 Å². The first-order valence-corrected chi connectivity index (χ1v) is 5.83. The predicted octanol–water partition coefficient (Wildman–Crippen LogP) is -1.19. The van der Waals surface area contributed by atoms with Crippen LogP contribution in [0.5, 0.6) is 0 Å². The summed E-state index contributed by atoms with van der Waals surface area (Å²) in [6.07, 6.45) is 2.90. The smallest absolute Gasteiger partial charge is 0.203 e. The summed E-state index contributed by atoms with van der Waals surface area (Å²) in [6, 6.07) is 1.47. The van der Waals surface area contributed by atoms with E-state index >= 15 is 0 Å². The standard InChI is InChI=1S/C11H13N3O4S/c1-2-11(5-15)8(17)7(16)9(18-11)14-4-3-6(12)13-10(14)19/h1,3-4,7-9,15-17H,5H2,(H2,12,13,19).